The lowest BCUT2D eigenvalue weighted by atomic mass is 9.96. The summed E-state index contributed by atoms with van der Waals surface area (Å²) >= 11 is 1.81. The summed E-state index contributed by atoms with van der Waals surface area (Å²) in [7, 11) is 0. The Kier molecular flexibility index (Phi) is 9.18. The molecule has 1 aromatic rings. The number of nitrogens with zero attached hydrogens (tertiary/aromatic N) is 2. The minimum absolute atomic E-state index is 0. The first kappa shape index (κ1) is 21.5. The topological polar surface area (TPSA) is 56.7 Å². The molecule has 1 aromatic heterocycles. The summed E-state index contributed by atoms with van der Waals surface area (Å²) in [6, 6.07) is 2.68. The molecule has 5 nitrogen and oxygen atoms in total. The molecule has 3 rings (SSSR count). The Bertz CT molecular complexity index is 598. The maximum Gasteiger partial charge on any atom is 0.224 e. The van der Waals surface area contributed by atoms with Gasteiger partial charge < -0.3 is 15.5 Å². The highest BCUT2D eigenvalue weighted by Gasteiger charge is 2.21. The van der Waals surface area contributed by atoms with Gasteiger partial charge >= 0.3 is 0 Å². The SMILES string of the molecule is CCNC(=NCCC(=O)N1CCc2sccc2C1)NC1CCCCC1.I. The van der Waals surface area contributed by atoms with E-state index in [-0.39, 0.29) is 29.9 Å². The zero-order chi connectivity index (χ0) is 17.5. The minimum Gasteiger partial charge on any atom is -0.357 e. The summed E-state index contributed by atoms with van der Waals surface area (Å²) in [5, 5.41) is 8.97. The van der Waals surface area contributed by atoms with Gasteiger partial charge in [0.25, 0.3) is 0 Å². The van der Waals surface area contributed by atoms with Crippen molar-refractivity contribution in [2.45, 2.75) is 64.5 Å². The molecule has 0 bridgehead atoms. The molecule has 1 aliphatic heterocycles. The number of carbonyl (C=O) groups excluding carboxylic acids is 1. The second-order valence-corrected chi connectivity index (χ2v) is 7.92. The molecule has 0 saturated heterocycles. The molecule has 0 radical (unpaired) electrons. The number of hydrogen-bond donors (Lipinski definition) is 2. The molecule has 0 aromatic carbocycles. The highest BCUT2D eigenvalue weighted by atomic mass is 127. The van der Waals surface area contributed by atoms with Crippen LogP contribution < -0.4 is 10.6 Å². The van der Waals surface area contributed by atoms with E-state index < -0.39 is 0 Å². The van der Waals surface area contributed by atoms with E-state index in [1.807, 2.05) is 4.90 Å². The smallest absolute Gasteiger partial charge is 0.224 e. The molecular weight excluding hydrogens is 459 g/mol. The molecule has 1 fully saturated rings. The highest BCUT2D eigenvalue weighted by molar-refractivity contribution is 14.0. The van der Waals surface area contributed by atoms with Crippen molar-refractivity contribution in [3.05, 3.63) is 21.9 Å². The summed E-state index contributed by atoms with van der Waals surface area (Å²) in [4.78, 5) is 20.5. The van der Waals surface area contributed by atoms with Crippen LogP contribution in [0.2, 0.25) is 0 Å². The Morgan fingerprint density at radius 2 is 2.15 bits per heavy atom. The van der Waals surface area contributed by atoms with Gasteiger partial charge in [0.05, 0.1) is 6.54 Å². The van der Waals surface area contributed by atoms with Gasteiger partial charge in [-0.1, -0.05) is 19.3 Å². The van der Waals surface area contributed by atoms with Crippen molar-refractivity contribution < 1.29 is 4.79 Å². The first-order chi connectivity index (χ1) is 12.3. The maximum absolute atomic E-state index is 12.5. The standard InChI is InChI=1S/C19H30N4OS.HI/c1-2-20-19(22-16-6-4-3-5-7-16)21-11-8-18(24)23-12-9-17-15(14-23)10-13-25-17;/h10,13,16H,2-9,11-12,14H2,1H3,(H2,20,21,22);1H. The fourth-order valence-electron chi connectivity index (χ4n) is 3.64. The summed E-state index contributed by atoms with van der Waals surface area (Å²) in [6.07, 6.45) is 7.88. The van der Waals surface area contributed by atoms with Crippen LogP contribution in [0.1, 0.15) is 55.9 Å². The Hall–Kier alpha value is -0.830. The minimum atomic E-state index is 0. The van der Waals surface area contributed by atoms with Crippen LogP contribution in [-0.2, 0) is 17.8 Å². The van der Waals surface area contributed by atoms with E-state index in [4.69, 9.17) is 0 Å². The van der Waals surface area contributed by atoms with Gasteiger partial charge in [0.2, 0.25) is 5.91 Å². The zero-order valence-electron chi connectivity index (χ0n) is 15.6. The lowest BCUT2D eigenvalue weighted by Crippen LogP contribution is -2.44. The third-order valence-electron chi connectivity index (χ3n) is 5.05. The van der Waals surface area contributed by atoms with Crippen LogP contribution in [-0.4, -0.2) is 42.4 Å². The molecule has 0 unspecified atom stereocenters. The quantitative estimate of drug-likeness (QED) is 0.377. The lowest BCUT2D eigenvalue weighted by molar-refractivity contribution is -0.131. The van der Waals surface area contributed by atoms with Crippen molar-refractivity contribution in [3.63, 3.8) is 0 Å². The van der Waals surface area contributed by atoms with E-state index in [2.05, 4.69) is 34.0 Å². The molecule has 7 heteroatoms. The molecule has 2 aliphatic rings. The summed E-state index contributed by atoms with van der Waals surface area (Å²) in [5.41, 5.74) is 1.32. The van der Waals surface area contributed by atoms with Crippen LogP contribution in [0.4, 0.5) is 0 Å². The van der Waals surface area contributed by atoms with Crippen LogP contribution in [0.15, 0.2) is 16.4 Å². The molecule has 0 atom stereocenters. The number of carbonyl (C=O) groups is 1. The largest absolute Gasteiger partial charge is 0.357 e. The number of hydrogen-bond acceptors (Lipinski definition) is 3. The summed E-state index contributed by atoms with van der Waals surface area (Å²) < 4.78 is 0. The number of rotatable bonds is 5. The van der Waals surface area contributed by atoms with E-state index >= 15 is 0 Å². The Morgan fingerprint density at radius 1 is 1.35 bits per heavy atom. The first-order valence-corrected chi connectivity index (χ1v) is 10.5. The van der Waals surface area contributed by atoms with E-state index in [9.17, 15) is 4.79 Å². The third kappa shape index (κ3) is 6.11. The number of halogens is 1. The predicted molar refractivity (Wildman–Crippen MR) is 119 cm³/mol. The van der Waals surface area contributed by atoms with Gasteiger partial charge in [0.1, 0.15) is 0 Å². The fraction of sp³-hybridized carbons (Fsp3) is 0.684. The van der Waals surface area contributed by atoms with Gasteiger partial charge in [0, 0.05) is 37.0 Å². The van der Waals surface area contributed by atoms with Gasteiger partial charge in [-0.2, -0.15) is 0 Å². The molecule has 26 heavy (non-hydrogen) atoms. The van der Waals surface area contributed by atoms with Gasteiger partial charge in [-0.05, 0) is 43.2 Å². The molecule has 2 N–H and O–H groups in total. The van der Waals surface area contributed by atoms with E-state index in [0.29, 0.717) is 19.0 Å². The lowest BCUT2D eigenvalue weighted by Gasteiger charge is -2.27. The Balaban J connectivity index is 0.00000243. The van der Waals surface area contributed by atoms with Crippen LogP contribution in [0.5, 0.6) is 0 Å². The molecule has 1 aliphatic carbocycles. The van der Waals surface area contributed by atoms with Crippen molar-refractivity contribution in [1.29, 1.82) is 0 Å². The van der Waals surface area contributed by atoms with Crippen LogP contribution in [0.3, 0.4) is 0 Å². The molecule has 2 heterocycles. The summed E-state index contributed by atoms with van der Waals surface area (Å²) in [6.45, 7) is 5.08. The van der Waals surface area contributed by atoms with Crippen molar-refractivity contribution >= 4 is 47.2 Å². The number of nitrogens with one attached hydrogen (secondary N) is 2. The maximum atomic E-state index is 12.5. The third-order valence-corrected chi connectivity index (χ3v) is 6.07. The van der Waals surface area contributed by atoms with Gasteiger partial charge in [-0.25, -0.2) is 0 Å². The molecule has 0 spiro atoms. The van der Waals surface area contributed by atoms with Gasteiger partial charge in [-0.3, -0.25) is 9.79 Å². The number of thiophene rings is 1. The van der Waals surface area contributed by atoms with Gasteiger partial charge in [-0.15, -0.1) is 35.3 Å². The van der Waals surface area contributed by atoms with Crippen molar-refractivity contribution in [3.8, 4) is 0 Å². The van der Waals surface area contributed by atoms with E-state index in [0.717, 1.165) is 32.0 Å². The van der Waals surface area contributed by atoms with E-state index in [1.54, 1.807) is 11.3 Å². The second kappa shape index (κ2) is 11.1. The first-order valence-electron chi connectivity index (χ1n) is 9.64. The Labute approximate surface area is 178 Å². The molecular formula is C19H31IN4OS. The predicted octanol–water partition coefficient (Wildman–Crippen LogP) is 3.53. The van der Waals surface area contributed by atoms with Crippen molar-refractivity contribution in [1.82, 2.24) is 15.5 Å². The molecule has 1 amide bonds. The number of fused-ring (bicyclic) bond motifs is 1. The van der Waals surface area contributed by atoms with Crippen LogP contribution >= 0.6 is 35.3 Å². The van der Waals surface area contributed by atoms with Crippen LogP contribution in [0.25, 0.3) is 0 Å². The molecule has 146 valence electrons. The number of aliphatic imine (C=N–C) groups is 1. The average Bonchev–Trinajstić information content (AvgIpc) is 3.10. The monoisotopic (exact) mass is 490 g/mol. The normalized spacial score (nSPS) is 18.0. The van der Waals surface area contributed by atoms with Crippen molar-refractivity contribution in [2.24, 2.45) is 4.99 Å². The summed E-state index contributed by atoms with van der Waals surface area (Å²) in [5.74, 6) is 1.08. The number of guanidine groups is 1. The fourth-order valence-corrected chi connectivity index (χ4v) is 4.53. The Morgan fingerprint density at radius 3 is 2.92 bits per heavy atom. The van der Waals surface area contributed by atoms with Gasteiger partial charge in [0.15, 0.2) is 5.96 Å². The average molecular weight is 490 g/mol. The highest BCUT2D eigenvalue weighted by Crippen LogP contribution is 2.24. The zero-order valence-corrected chi connectivity index (χ0v) is 18.8. The van der Waals surface area contributed by atoms with Crippen molar-refractivity contribution in [2.75, 3.05) is 19.6 Å². The number of amides is 1. The second-order valence-electron chi connectivity index (χ2n) is 6.92. The van der Waals surface area contributed by atoms with E-state index in [1.165, 1.54) is 42.5 Å². The van der Waals surface area contributed by atoms with Crippen LogP contribution in [0, 0.1) is 0 Å². The molecule has 1 saturated carbocycles.